The molecule has 0 spiro atoms. The largest absolute Gasteiger partial charge is 0.342 e. The summed E-state index contributed by atoms with van der Waals surface area (Å²) in [6.45, 7) is 4.24. The Kier molecular flexibility index (Phi) is 9.26. The highest BCUT2D eigenvalue weighted by Gasteiger charge is 2.21. The number of aromatic amines is 1. The number of fused-ring (bicyclic) bond motifs is 2. The quantitative estimate of drug-likeness (QED) is 0.297. The lowest BCUT2D eigenvalue weighted by Gasteiger charge is -2.29. The SMILES string of the molecule is CC(=O)N1CCCCCCCN(C(=O)CCCCc2nc3ccccc3[nH]2)Cc2ccc(Cn3cccn3)cc21. The monoisotopic (exact) mass is 540 g/mol. The smallest absolute Gasteiger partial charge is 0.223 e. The fraction of sp³-hybridized carbons (Fsp3) is 0.438. The third kappa shape index (κ3) is 7.17. The van der Waals surface area contributed by atoms with Crippen molar-refractivity contribution >= 4 is 28.5 Å². The van der Waals surface area contributed by atoms with E-state index in [1.54, 1.807) is 13.1 Å². The van der Waals surface area contributed by atoms with Gasteiger partial charge in [0.2, 0.25) is 11.8 Å². The van der Waals surface area contributed by atoms with Gasteiger partial charge in [-0.15, -0.1) is 0 Å². The van der Waals surface area contributed by atoms with Gasteiger partial charge >= 0.3 is 0 Å². The van der Waals surface area contributed by atoms with Crippen LogP contribution >= 0.6 is 0 Å². The van der Waals surface area contributed by atoms with E-state index in [0.717, 1.165) is 91.6 Å². The van der Waals surface area contributed by atoms with Crippen LogP contribution in [-0.2, 0) is 29.1 Å². The van der Waals surface area contributed by atoms with Crippen LogP contribution in [-0.4, -0.2) is 49.6 Å². The molecular weight excluding hydrogens is 500 g/mol. The third-order valence-corrected chi connectivity index (χ3v) is 7.74. The minimum absolute atomic E-state index is 0.0398. The van der Waals surface area contributed by atoms with Gasteiger partial charge < -0.3 is 14.8 Å². The second-order valence-electron chi connectivity index (χ2n) is 10.8. The number of anilines is 1. The second-order valence-corrected chi connectivity index (χ2v) is 10.8. The summed E-state index contributed by atoms with van der Waals surface area (Å²) < 4.78 is 1.89. The Hall–Kier alpha value is -3.94. The first-order valence-electron chi connectivity index (χ1n) is 14.7. The normalized spacial score (nSPS) is 14.9. The minimum atomic E-state index is 0.0398. The number of hydrogen-bond acceptors (Lipinski definition) is 4. The Balaban J connectivity index is 1.28. The Labute approximate surface area is 236 Å². The molecule has 0 saturated carbocycles. The van der Waals surface area contributed by atoms with Crippen LogP contribution in [0.2, 0.25) is 0 Å². The number of para-hydroxylation sites is 2. The van der Waals surface area contributed by atoms with E-state index in [0.29, 0.717) is 26.1 Å². The summed E-state index contributed by atoms with van der Waals surface area (Å²) in [5.74, 6) is 1.20. The molecule has 5 rings (SSSR count). The van der Waals surface area contributed by atoms with Crippen LogP contribution in [0.3, 0.4) is 0 Å². The first kappa shape index (κ1) is 27.6. The first-order valence-corrected chi connectivity index (χ1v) is 14.7. The molecule has 1 aliphatic rings. The maximum absolute atomic E-state index is 13.5. The van der Waals surface area contributed by atoms with Gasteiger partial charge in [-0.2, -0.15) is 5.10 Å². The highest BCUT2D eigenvalue weighted by Crippen LogP contribution is 2.27. The molecule has 1 N–H and O–H groups in total. The van der Waals surface area contributed by atoms with Gasteiger partial charge in [0.25, 0.3) is 0 Å². The number of rotatable bonds is 7. The van der Waals surface area contributed by atoms with Crippen molar-refractivity contribution in [1.29, 1.82) is 0 Å². The van der Waals surface area contributed by atoms with Gasteiger partial charge in [0.05, 0.1) is 17.6 Å². The van der Waals surface area contributed by atoms with Crippen LogP contribution in [0.1, 0.15) is 75.2 Å². The highest BCUT2D eigenvalue weighted by molar-refractivity contribution is 5.92. The van der Waals surface area contributed by atoms with Gasteiger partial charge in [-0.25, -0.2) is 4.98 Å². The van der Waals surface area contributed by atoms with Crippen LogP contribution in [0, 0.1) is 0 Å². The van der Waals surface area contributed by atoms with E-state index in [1.807, 2.05) is 51.0 Å². The van der Waals surface area contributed by atoms with Crippen molar-refractivity contribution in [3.05, 3.63) is 77.9 Å². The third-order valence-electron chi connectivity index (χ3n) is 7.74. The zero-order chi connectivity index (χ0) is 27.7. The first-order chi connectivity index (χ1) is 19.6. The Morgan fingerprint density at radius 3 is 2.58 bits per heavy atom. The molecule has 4 aromatic rings. The van der Waals surface area contributed by atoms with E-state index in [9.17, 15) is 9.59 Å². The number of carbonyl (C=O) groups is 2. The Morgan fingerprint density at radius 1 is 0.950 bits per heavy atom. The molecule has 8 nitrogen and oxygen atoms in total. The van der Waals surface area contributed by atoms with Crippen LogP contribution in [0.15, 0.2) is 60.9 Å². The summed E-state index contributed by atoms with van der Waals surface area (Å²) in [5.41, 5.74) is 5.07. The van der Waals surface area contributed by atoms with Crippen LogP contribution < -0.4 is 4.90 Å². The van der Waals surface area contributed by atoms with Crippen molar-refractivity contribution in [3.63, 3.8) is 0 Å². The molecule has 40 heavy (non-hydrogen) atoms. The molecule has 0 radical (unpaired) electrons. The van der Waals surface area contributed by atoms with Gasteiger partial charge in [0, 0.05) is 57.5 Å². The summed E-state index contributed by atoms with van der Waals surface area (Å²) in [6.07, 6.45) is 12.1. The summed E-state index contributed by atoms with van der Waals surface area (Å²) in [6, 6.07) is 16.3. The van der Waals surface area contributed by atoms with Crippen molar-refractivity contribution in [3.8, 4) is 0 Å². The molecule has 1 aliphatic heterocycles. The van der Waals surface area contributed by atoms with E-state index < -0.39 is 0 Å². The molecule has 0 saturated heterocycles. The zero-order valence-corrected chi connectivity index (χ0v) is 23.5. The summed E-state index contributed by atoms with van der Waals surface area (Å²) in [7, 11) is 0. The number of unbranched alkanes of at least 4 members (excludes halogenated alkanes) is 1. The number of aromatic nitrogens is 4. The predicted molar refractivity (Wildman–Crippen MR) is 158 cm³/mol. The molecule has 2 aromatic heterocycles. The summed E-state index contributed by atoms with van der Waals surface area (Å²) >= 11 is 0. The zero-order valence-electron chi connectivity index (χ0n) is 23.5. The molecule has 0 aliphatic carbocycles. The van der Waals surface area contributed by atoms with Crippen molar-refractivity contribution in [2.75, 3.05) is 18.0 Å². The molecule has 2 amide bonds. The molecule has 2 aromatic carbocycles. The average Bonchev–Trinajstić information content (AvgIpc) is 3.61. The lowest BCUT2D eigenvalue weighted by molar-refractivity contribution is -0.132. The average molecular weight is 541 g/mol. The van der Waals surface area contributed by atoms with Gasteiger partial charge in [0.1, 0.15) is 5.82 Å². The Bertz CT molecular complexity index is 1380. The number of imidazole rings is 1. The van der Waals surface area contributed by atoms with E-state index in [2.05, 4.69) is 33.3 Å². The van der Waals surface area contributed by atoms with Crippen molar-refractivity contribution in [2.24, 2.45) is 0 Å². The maximum atomic E-state index is 13.5. The number of nitrogens with zero attached hydrogens (tertiary/aromatic N) is 5. The lowest BCUT2D eigenvalue weighted by atomic mass is 10.0. The standard InChI is InChI=1S/C32H40N6O2/c1-25(39)38-21-10-4-2-3-9-19-36(24-27-17-16-26(22-30(27)38)23-37-20-11-18-33-37)32(40)15-8-7-14-31-34-28-12-5-6-13-29(28)35-31/h5-6,11-13,16-18,20,22H,2-4,7-10,14-15,19,21,23-24H2,1H3,(H,34,35). The van der Waals surface area contributed by atoms with Crippen LogP contribution in [0.5, 0.6) is 0 Å². The van der Waals surface area contributed by atoms with Crippen molar-refractivity contribution < 1.29 is 9.59 Å². The summed E-state index contributed by atoms with van der Waals surface area (Å²) in [5, 5.41) is 4.34. The second kappa shape index (κ2) is 13.4. The molecule has 210 valence electrons. The lowest BCUT2D eigenvalue weighted by Crippen LogP contribution is -2.35. The van der Waals surface area contributed by atoms with Gasteiger partial charge in [-0.3, -0.25) is 14.3 Å². The molecule has 0 fully saturated rings. The molecule has 0 bridgehead atoms. The van der Waals surface area contributed by atoms with Gasteiger partial charge in [-0.05, 0) is 61.1 Å². The van der Waals surface area contributed by atoms with Gasteiger partial charge in [-0.1, -0.05) is 43.5 Å². The number of aryl methyl sites for hydroxylation is 1. The van der Waals surface area contributed by atoms with Crippen LogP contribution in [0.25, 0.3) is 11.0 Å². The number of amides is 2. The van der Waals surface area contributed by atoms with Crippen LogP contribution in [0.4, 0.5) is 5.69 Å². The number of nitrogens with one attached hydrogen (secondary N) is 1. The van der Waals surface area contributed by atoms with E-state index in [-0.39, 0.29) is 11.8 Å². The molecule has 3 heterocycles. The van der Waals surface area contributed by atoms with E-state index in [4.69, 9.17) is 0 Å². The minimum Gasteiger partial charge on any atom is -0.342 e. The van der Waals surface area contributed by atoms with E-state index >= 15 is 0 Å². The molecular formula is C32H40N6O2. The van der Waals surface area contributed by atoms with Crippen molar-refractivity contribution in [2.45, 2.75) is 77.8 Å². The fourth-order valence-electron chi connectivity index (χ4n) is 5.57. The Morgan fingerprint density at radius 2 is 1.77 bits per heavy atom. The van der Waals surface area contributed by atoms with E-state index in [1.165, 1.54) is 0 Å². The molecule has 0 atom stereocenters. The molecule has 8 heteroatoms. The molecule has 0 unspecified atom stereocenters. The fourth-order valence-corrected chi connectivity index (χ4v) is 5.57. The number of benzene rings is 2. The number of H-pyrrole nitrogens is 1. The number of hydrogen-bond donors (Lipinski definition) is 1. The topological polar surface area (TPSA) is 87.1 Å². The van der Waals surface area contributed by atoms with Crippen molar-refractivity contribution in [1.82, 2.24) is 24.6 Å². The highest BCUT2D eigenvalue weighted by atomic mass is 16.2. The van der Waals surface area contributed by atoms with Gasteiger partial charge in [0.15, 0.2) is 0 Å². The summed E-state index contributed by atoms with van der Waals surface area (Å²) in [4.78, 5) is 38.2. The predicted octanol–water partition coefficient (Wildman–Crippen LogP) is 5.87. The maximum Gasteiger partial charge on any atom is 0.223 e. The number of carbonyl (C=O) groups excluding carboxylic acids is 2.